The largest absolute Gasteiger partial charge is 0.396 e. The van der Waals surface area contributed by atoms with Crippen molar-refractivity contribution < 1.29 is 4.79 Å². The zero-order chi connectivity index (χ0) is 12.4. The number of pyridine rings is 1. The first-order valence-corrected chi connectivity index (χ1v) is 5.16. The molecule has 3 N–H and O–H groups in total. The second kappa shape index (κ2) is 4.42. The first kappa shape index (κ1) is 11.4. The van der Waals surface area contributed by atoms with Crippen LogP contribution in [0.2, 0.25) is 5.02 Å². The Hall–Kier alpha value is -2.08. The summed E-state index contributed by atoms with van der Waals surface area (Å²) in [6.07, 6.45) is 3.08. The van der Waals surface area contributed by atoms with Crippen LogP contribution in [0.5, 0.6) is 0 Å². The molecule has 0 radical (unpaired) electrons. The number of nitrogens with one attached hydrogen (secondary N) is 1. The first-order chi connectivity index (χ1) is 8.08. The number of halogens is 1. The van der Waals surface area contributed by atoms with Gasteiger partial charge in [0, 0.05) is 19.4 Å². The van der Waals surface area contributed by atoms with Crippen LogP contribution in [-0.4, -0.2) is 20.7 Å². The van der Waals surface area contributed by atoms with E-state index in [0.717, 1.165) is 0 Å². The highest BCUT2D eigenvalue weighted by Crippen LogP contribution is 2.19. The van der Waals surface area contributed by atoms with E-state index < -0.39 is 5.91 Å². The molecule has 2 heterocycles. The summed E-state index contributed by atoms with van der Waals surface area (Å²) >= 11 is 5.87. The summed E-state index contributed by atoms with van der Waals surface area (Å²) in [6.45, 7) is 0. The predicted molar refractivity (Wildman–Crippen MR) is 64.8 cm³/mol. The van der Waals surface area contributed by atoms with Gasteiger partial charge in [-0.25, -0.2) is 4.98 Å². The molecule has 7 heteroatoms. The molecule has 1 amide bonds. The molecule has 0 saturated heterocycles. The Labute approximate surface area is 102 Å². The van der Waals surface area contributed by atoms with Crippen LogP contribution in [-0.2, 0) is 7.05 Å². The van der Waals surface area contributed by atoms with Crippen LogP contribution in [0.4, 0.5) is 11.5 Å². The van der Waals surface area contributed by atoms with Crippen molar-refractivity contribution in [2.24, 2.45) is 7.05 Å². The van der Waals surface area contributed by atoms with E-state index in [-0.39, 0.29) is 11.5 Å². The number of nitrogens with zero attached hydrogens (tertiary/aromatic N) is 3. The monoisotopic (exact) mass is 251 g/mol. The van der Waals surface area contributed by atoms with Gasteiger partial charge in [0.25, 0.3) is 5.91 Å². The quantitative estimate of drug-likeness (QED) is 0.842. The van der Waals surface area contributed by atoms with Crippen LogP contribution in [0.3, 0.4) is 0 Å². The van der Waals surface area contributed by atoms with E-state index in [0.29, 0.717) is 10.7 Å². The molecule has 0 fully saturated rings. The molecule has 0 aliphatic carbocycles. The summed E-state index contributed by atoms with van der Waals surface area (Å²) < 4.78 is 1.46. The number of hydrogen-bond acceptors (Lipinski definition) is 4. The van der Waals surface area contributed by atoms with Crippen molar-refractivity contribution in [2.45, 2.75) is 0 Å². The van der Waals surface area contributed by atoms with Crippen molar-refractivity contribution in [3.8, 4) is 0 Å². The molecule has 0 unspecified atom stereocenters. The lowest BCUT2D eigenvalue weighted by Gasteiger charge is -2.04. The van der Waals surface area contributed by atoms with Gasteiger partial charge in [-0.1, -0.05) is 11.6 Å². The fourth-order valence-corrected chi connectivity index (χ4v) is 1.50. The number of hydrogen-bond donors (Lipinski definition) is 2. The average molecular weight is 252 g/mol. The molecule has 0 aliphatic heterocycles. The van der Waals surface area contributed by atoms with Gasteiger partial charge in [-0.3, -0.25) is 9.48 Å². The van der Waals surface area contributed by atoms with E-state index in [9.17, 15) is 4.79 Å². The molecule has 6 nitrogen and oxygen atoms in total. The Morgan fingerprint density at radius 1 is 1.59 bits per heavy atom. The third-order valence-electron chi connectivity index (χ3n) is 2.06. The predicted octanol–water partition coefficient (Wildman–Crippen LogP) is 1.30. The molecule has 2 rings (SSSR count). The Balaban J connectivity index is 2.23. The lowest BCUT2D eigenvalue weighted by molar-refractivity contribution is 0.102. The molecule has 0 saturated carbocycles. The van der Waals surface area contributed by atoms with Gasteiger partial charge in [0.15, 0.2) is 11.5 Å². The Morgan fingerprint density at radius 2 is 2.35 bits per heavy atom. The maximum absolute atomic E-state index is 11.8. The number of anilines is 2. The molecule has 2 aromatic rings. The van der Waals surface area contributed by atoms with Crippen LogP contribution in [0.15, 0.2) is 24.5 Å². The van der Waals surface area contributed by atoms with Crippen molar-refractivity contribution in [1.29, 1.82) is 0 Å². The van der Waals surface area contributed by atoms with E-state index in [2.05, 4.69) is 15.4 Å². The molecule has 0 bridgehead atoms. The molecule has 17 heavy (non-hydrogen) atoms. The summed E-state index contributed by atoms with van der Waals surface area (Å²) in [7, 11) is 1.68. The zero-order valence-electron chi connectivity index (χ0n) is 9.01. The SMILES string of the molecule is Cn1cc(N)c(C(=O)Nc2ncccc2Cl)n1. The minimum Gasteiger partial charge on any atom is -0.396 e. The summed E-state index contributed by atoms with van der Waals surface area (Å²) in [5, 5.41) is 6.84. The van der Waals surface area contributed by atoms with E-state index in [1.807, 2.05) is 0 Å². The highest BCUT2D eigenvalue weighted by atomic mass is 35.5. The van der Waals surface area contributed by atoms with Crippen molar-refractivity contribution in [3.63, 3.8) is 0 Å². The molecule has 0 aliphatic rings. The van der Waals surface area contributed by atoms with Crippen molar-refractivity contribution in [3.05, 3.63) is 35.2 Å². The van der Waals surface area contributed by atoms with Gasteiger partial charge in [-0.05, 0) is 12.1 Å². The van der Waals surface area contributed by atoms with Gasteiger partial charge in [0.05, 0.1) is 10.7 Å². The first-order valence-electron chi connectivity index (χ1n) is 4.79. The highest BCUT2D eigenvalue weighted by Gasteiger charge is 2.15. The smallest absolute Gasteiger partial charge is 0.279 e. The summed E-state index contributed by atoms with van der Waals surface area (Å²) in [5.41, 5.74) is 6.09. The molecule has 0 spiro atoms. The molecule has 2 aromatic heterocycles. The highest BCUT2D eigenvalue weighted by molar-refractivity contribution is 6.33. The van der Waals surface area contributed by atoms with Gasteiger partial charge in [-0.15, -0.1) is 0 Å². The number of aromatic nitrogens is 3. The fraction of sp³-hybridized carbons (Fsp3) is 0.100. The standard InChI is InChI=1S/C10H10ClN5O/c1-16-5-7(12)8(15-16)10(17)14-9-6(11)3-2-4-13-9/h2-5H,12H2,1H3,(H,13,14,17). The van der Waals surface area contributed by atoms with E-state index in [1.54, 1.807) is 25.4 Å². The summed E-state index contributed by atoms with van der Waals surface area (Å²) in [4.78, 5) is 15.8. The third kappa shape index (κ3) is 2.36. The average Bonchev–Trinajstić information content (AvgIpc) is 2.61. The Morgan fingerprint density at radius 3 is 2.94 bits per heavy atom. The van der Waals surface area contributed by atoms with Crippen molar-refractivity contribution in [1.82, 2.24) is 14.8 Å². The van der Waals surface area contributed by atoms with Crippen LogP contribution in [0.25, 0.3) is 0 Å². The number of nitrogen functional groups attached to an aromatic ring is 1. The minimum atomic E-state index is -0.441. The van der Waals surface area contributed by atoms with Crippen molar-refractivity contribution in [2.75, 3.05) is 11.1 Å². The molecular formula is C10H10ClN5O. The van der Waals surface area contributed by atoms with E-state index in [4.69, 9.17) is 17.3 Å². The van der Waals surface area contributed by atoms with Gasteiger partial charge >= 0.3 is 0 Å². The fourth-order valence-electron chi connectivity index (χ4n) is 1.33. The van der Waals surface area contributed by atoms with Crippen molar-refractivity contribution >= 4 is 29.0 Å². The number of carbonyl (C=O) groups excluding carboxylic acids is 1. The molecule has 88 valence electrons. The lowest BCUT2D eigenvalue weighted by Crippen LogP contribution is -2.15. The maximum atomic E-state index is 11.8. The lowest BCUT2D eigenvalue weighted by atomic mass is 10.3. The number of carbonyl (C=O) groups is 1. The van der Waals surface area contributed by atoms with E-state index in [1.165, 1.54) is 10.9 Å². The topological polar surface area (TPSA) is 85.8 Å². The van der Waals surface area contributed by atoms with Crippen LogP contribution in [0, 0.1) is 0 Å². The second-order valence-corrected chi connectivity index (χ2v) is 3.80. The maximum Gasteiger partial charge on any atom is 0.279 e. The molecular weight excluding hydrogens is 242 g/mol. The van der Waals surface area contributed by atoms with Crippen LogP contribution < -0.4 is 11.1 Å². The number of aryl methyl sites for hydroxylation is 1. The minimum absolute atomic E-state index is 0.147. The normalized spacial score (nSPS) is 10.2. The van der Waals surface area contributed by atoms with E-state index >= 15 is 0 Å². The summed E-state index contributed by atoms with van der Waals surface area (Å²) in [6, 6.07) is 3.30. The van der Waals surface area contributed by atoms with Gasteiger partial charge in [-0.2, -0.15) is 5.10 Å². The van der Waals surface area contributed by atoms with Gasteiger partial charge in [0.2, 0.25) is 0 Å². The second-order valence-electron chi connectivity index (χ2n) is 3.39. The molecule has 0 aromatic carbocycles. The third-order valence-corrected chi connectivity index (χ3v) is 2.37. The van der Waals surface area contributed by atoms with Crippen LogP contribution >= 0.6 is 11.6 Å². The Bertz CT molecular complexity index is 566. The summed E-state index contributed by atoms with van der Waals surface area (Å²) in [5.74, 6) is -0.159. The Kier molecular flexibility index (Phi) is 2.97. The number of amides is 1. The van der Waals surface area contributed by atoms with Crippen LogP contribution in [0.1, 0.15) is 10.5 Å². The van der Waals surface area contributed by atoms with Gasteiger partial charge in [0.1, 0.15) is 0 Å². The number of rotatable bonds is 2. The number of nitrogens with two attached hydrogens (primary N) is 1. The molecule has 0 atom stereocenters. The zero-order valence-corrected chi connectivity index (χ0v) is 9.77. The van der Waals surface area contributed by atoms with Gasteiger partial charge < -0.3 is 11.1 Å².